The first-order valence-electron chi connectivity index (χ1n) is 12.1. The van der Waals surface area contributed by atoms with Gasteiger partial charge >= 0.3 is 0 Å². The number of carbonyl (C=O) groups is 2. The summed E-state index contributed by atoms with van der Waals surface area (Å²) in [6.45, 7) is 8.30. The van der Waals surface area contributed by atoms with Gasteiger partial charge in [-0.1, -0.05) is 30.3 Å². The van der Waals surface area contributed by atoms with Crippen LogP contribution in [0.1, 0.15) is 58.1 Å². The van der Waals surface area contributed by atoms with Crippen molar-refractivity contribution in [3.05, 3.63) is 88.0 Å². The molecule has 0 aliphatic rings. The lowest BCUT2D eigenvalue weighted by atomic mass is 9.93. The molecular formula is C29H35N3O5. The molecule has 0 radical (unpaired) electrons. The maximum Gasteiger partial charge on any atom is 0.251 e. The number of hydrogen-bond donors (Lipinski definition) is 6. The van der Waals surface area contributed by atoms with E-state index in [1.165, 1.54) is 12.1 Å². The molecule has 0 aliphatic carbocycles. The lowest BCUT2D eigenvalue weighted by Crippen LogP contribution is -2.43. The molecule has 0 spiro atoms. The Kier molecular flexibility index (Phi) is 8.91. The summed E-state index contributed by atoms with van der Waals surface area (Å²) < 4.78 is 0. The molecule has 6 N–H and O–H groups in total. The maximum atomic E-state index is 12.8. The Morgan fingerprint density at radius 3 is 2.38 bits per heavy atom. The van der Waals surface area contributed by atoms with Crippen LogP contribution in [-0.4, -0.2) is 39.7 Å². The molecule has 0 saturated heterocycles. The summed E-state index contributed by atoms with van der Waals surface area (Å²) in [5, 5.41) is 39.1. The van der Waals surface area contributed by atoms with E-state index in [0.717, 1.165) is 22.3 Å². The number of aliphatic hydroxyl groups excluding tert-OH is 1. The first kappa shape index (κ1) is 27.7. The first-order valence-corrected chi connectivity index (χ1v) is 12.1. The van der Waals surface area contributed by atoms with Gasteiger partial charge in [-0.05, 0) is 86.2 Å². The van der Waals surface area contributed by atoms with Gasteiger partial charge in [0.15, 0.2) is 0 Å². The Hall–Kier alpha value is -3.88. The SMILES string of the molecule is Cc1cc(CNC(=O)c2cccc(CC(C)(C)NC[C@@H](O)c3ccc(O)c(NC=O)c3)c2)cc(C)c1O. The molecule has 0 aliphatic heterocycles. The Bertz CT molecular complexity index is 1250. The number of nitrogens with one attached hydrogen (secondary N) is 3. The van der Waals surface area contributed by atoms with Gasteiger partial charge in [-0.15, -0.1) is 0 Å². The zero-order chi connectivity index (χ0) is 27.2. The summed E-state index contributed by atoms with van der Waals surface area (Å²) >= 11 is 0. The number of aromatic hydroxyl groups is 2. The van der Waals surface area contributed by atoms with Gasteiger partial charge in [0.2, 0.25) is 6.41 Å². The number of aliphatic hydroxyl groups is 1. The minimum absolute atomic E-state index is 0.0754. The zero-order valence-corrected chi connectivity index (χ0v) is 21.6. The molecule has 37 heavy (non-hydrogen) atoms. The van der Waals surface area contributed by atoms with E-state index in [9.17, 15) is 24.9 Å². The number of hydrogen-bond acceptors (Lipinski definition) is 6. The molecule has 0 unspecified atom stereocenters. The van der Waals surface area contributed by atoms with Crippen molar-refractivity contribution in [1.29, 1.82) is 0 Å². The fourth-order valence-corrected chi connectivity index (χ4v) is 4.26. The third kappa shape index (κ3) is 7.55. The lowest BCUT2D eigenvalue weighted by molar-refractivity contribution is -0.105. The Morgan fingerprint density at radius 1 is 1.00 bits per heavy atom. The fourth-order valence-electron chi connectivity index (χ4n) is 4.26. The van der Waals surface area contributed by atoms with Crippen molar-refractivity contribution in [3.8, 4) is 11.5 Å². The summed E-state index contributed by atoms with van der Waals surface area (Å²) in [5.41, 5.74) is 4.39. The highest BCUT2D eigenvalue weighted by atomic mass is 16.3. The summed E-state index contributed by atoms with van der Waals surface area (Å²) in [6, 6.07) is 15.7. The van der Waals surface area contributed by atoms with Crippen molar-refractivity contribution in [1.82, 2.24) is 10.6 Å². The van der Waals surface area contributed by atoms with Crippen LogP contribution in [0.15, 0.2) is 54.6 Å². The van der Waals surface area contributed by atoms with E-state index in [4.69, 9.17) is 0 Å². The molecule has 3 aromatic carbocycles. The van der Waals surface area contributed by atoms with E-state index < -0.39 is 11.6 Å². The molecular weight excluding hydrogens is 470 g/mol. The minimum Gasteiger partial charge on any atom is -0.507 e. The van der Waals surface area contributed by atoms with Crippen molar-refractivity contribution in [2.75, 3.05) is 11.9 Å². The second-order valence-corrected chi connectivity index (χ2v) is 9.96. The smallest absolute Gasteiger partial charge is 0.251 e. The van der Waals surface area contributed by atoms with Crippen LogP contribution in [0.2, 0.25) is 0 Å². The summed E-state index contributed by atoms with van der Waals surface area (Å²) in [7, 11) is 0. The summed E-state index contributed by atoms with van der Waals surface area (Å²) in [6.07, 6.45) is 0.234. The van der Waals surface area contributed by atoms with Gasteiger partial charge in [-0.25, -0.2) is 0 Å². The molecule has 8 heteroatoms. The van der Waals surface area contributed by atoms with Crippen LogP contribution >= 0.6 is 0 Å². The largest absolute Gasteiger partial charge is 0.507 e. The highest BCUT2D eigenvalue weighted by Gasteiger charge is 2.21. The number of amides is 2. The highest BCUT2D eigenvalue weighted by molar-refractivity contribution is 5.94. The average molecular weight is 506 g/mol. The fraction of sp³-hybridized carbons (Fsp3) is 0.310. The third-order valence-electron chi connectivity index (χ3n) is 6.23. The number of anilines is 1. The molecule has 3 rings (SSSR count). The van der Waals surface area contributed by atoms with Crippen LogP contribution < -0.4 is 16.0 Å². The molecule has 2 amide bonds. The van der Waals surface area contributed by atoms with Crippen LogP contribution in [0.4, 0.5) is 5.69 Å². The molecule has 0 saturated carbocycles. The van der Waals surface area contributed by atoms with Crippen molar-refractivity contribution < 1.29 is 24.9 Å². The molecule has 3 aromatic rings. The van der Waals surface area contributed by atoms with Gasteiger partial charge in [0, 0.05) is 24.2 Å². The average Bonchev–Trinajstić information content (AvgIpc) is 2.85. The van der Waals surface area contributed by atoms with Gasteiger partial charge in [0.05, 0.1) is 11.8 Å². The Balaban J connectivity index is 1.59. The predicted octanol–water partition coefficient (Wildman–Crippen LogP) is 3.86. The molecule has 196 valence electrons. The van der Waals surface area contributed by atoms with Crippen LogP contribution in [0.5, 0.6) is 11.5 Å². The quantitative estimate of drug-likeness (QED) is 0.173. The van der Waals surface area contributed by atoms with Crippen molar-refractivity contribution in [2.24, 2.45) is 0 Å². The number of phenols is 2. The number of aryl methyl sites for hydroxylation is 2. The van der Waals surface area contributed by atoms with Crippen LogP contribution in [-0.2, 0) is 17.8 Å². The van der Waals surface area contributed by atoms with E-state index >= 15 is 0 Å². The van der Waals surface area contributed by atoms with Crippen LogP contribution in [0.3, 0.4) is 0 Å². The minimum atomic E-state index is -0.851. The van der Waals surface area contributed by atoms with E-state index in [0.29, 0.717) is 30.5 Å². The van der Waals surface area contributed by atoms with Gasteiger partial charge in [0.25, 0.3) is 5.91 Å². The monoisotopic (exact) mass is 505 g/mol. The molecule has 0 aromatic heterocycles. The summed E-state index contributed by atoms with van der Waals surface area (Å²) in [4.78, 5) is 23.5. The van der Waals surface area contributed by atoms with Gasteiger partial charge in [-0.3, -0.25) is 9.59 Å². The number of benzene rings is 3. The van der Waals surface area contributed by atoms with E-state index in [1.54, 1.807) is 12.1 Å². The van der Waals surface area contributed by atoms with Crippen LogP contribution in [0, 0.1) is 13.8 Å². The Morgan fingerprint density at radius 2 is 1.70 bits per heavy atom. The van der Waals surface area contributed by atoms with E-state index in [1.807, 2.05) is 58.0 Å². The van der Waals surface area contributed by atoms with Gasteiger partial charge in [-0.2, -0.15) is 0 Å². The van der Waals surface area contributed by atoms with Crippen molar-refractivity contribution >= 4 is 18.0 Å². The highest BCUT2D eigenvalue weighted by Crippen LogP contribution is 2.27. The van der Waals surface area contributed by atoms with Gasteiger partial charge in [0.1, 0.15) is 11.5 Å². The van der Waals surface area contributed by atoms with Crippen molar-refractivity contribution in [3.63, 3.8) is 0 Å². The summed E-state index contributed by atoms with van der Waals surface area (Å²) in [5.74, 6) is 0.0151. The maximum absolute atomic E-state index is 12.8. The predicted molar refractivity (Wildman–Crippen MR) is 144 cm³/mol. The molecule has 0 bridgehead atoms. The normalized spacial score (nSPS) is 12.1. The topological polar surface area (TPSA) is 131 Å². The third-order valence-corrected chi connectivity index (χ3v) is 6.23. The second-order valence-electron chi connectivity index (χ2n) is 9.96. The molecule has 8 nitrogen and oxygen atoms in total. The Labute approximate surface area is 217 Å². The molecule has 0 fully saturated rings. The number of β-amino-alcohol motifs (C(OH)–C–C–N with tert-alkyl or cyclic N) is 1. The van der Waals surface area contributed by atoms with E-state index in [2.05, 4.69) is 16.0 Å². The number of phenolic OH excluding ortho intramolecular Hbond substituents is 2. The standard InChI is InChI=1S/C29H35N3O5/c1-18-10-21(11-19(2)27(18)36)15-30-28(37)23-7-5-6-20(12-23)14-29(3,4)32-16-26(35)22-8-9-25(34)24(13-22)31-17-33/h5-13,17,26,32,34-36H,14-16H2,1-4H3,(H,30,37)(H,31,33)/t26-/m1/s1. The number of carbonyl (C=O) groups excluding carboxylic acids is 2. The van der Waals surface area contributed by atoms with Crippen LogP contribution in [0.25, 0.3) is 0 Å². The molecule has 0 heterocycles. The van der Waals surface area contributed by atoms with E-state index in [-0.39, 0.29) is 29.6 Å². The second kappa shape index (κ2) is 11.9. The number of rotatable bonds is 11. The zero-order valence-electron chi connectivity index (χ0n) is 21.6. The first-order chi connectivity index (χ1) is 17.5. The van der Waals surface area contributed by atoms with Crippen molar-refractivity contribution in [2.45, 2.75) is 52.3 Å². The van der Waals surface area contributed by atoms with Gasteiger partial charge < -0.3 is 31.3 Å². The molecule has 1 atom stereocenters. The lowest BCUT2D eigenvalue weighted by Gasteiger charge is -2.28.